The SMILES string of the molecule is Cc1[nH]c2cccc(C(=O)N[C@H](c3cc(=O)[nH]c(-c4ccccn4)n3)C(C)C)c2c1C. The zero-order valence-corrected chi connectivity index (χ0v) is 18.0. The van der Waals surface area contributed by atoms with E-state index in [2.05, 4.69) is 25.3 Å². The van der Waals surface area contributed by atoms with Crippen molar-refractivity contribution < 1.29 is 4.79 Å². The molecule has 0 bridgehead atoms. The molecule has 0 saturated heterocycles. The van der Waals surface area contributed by atoms with Crippen molar-refractivity contribution in [2.75, 3.05) is 0 Å². The van der Waals surface area contributed by atoms with Crippen LogP contribution in [0.4, 0.5) is 0 Å². The van der Waals surface area contributed by atoms with Crippen LogP contribution < -0.4 is 10.9 Å². The summed E-state index contributed by atoms with van der Waals surface area (Å²) in [4.78, 5) is 40.6. The third kappa shape index (κ3) is 3.99. The Hall–Kier alpha value is -3.74. The van der Waals surface area contributed by atoms with E-state index in [1.54, 1.807) is 18.3 Å². The summed E-state index contributed by atoms with van der Waals surface area (Å²) in [5.74, 6) is 0.193. The normalized spacial score (nSPS) is 12.3. The van der Waals surface area contributed by atoms with Crippen LogP contribution in [-0.4, -0.2) is 25.8 Å². The van der Waals surface area contributed by atoms with Gasteiger partial charge in [-0.2, -0.15) is 0 Å². The minimum Gasteiger partial charge on any atom is -0.358 e. The first-order valence-corrected chi connectivity index (χ1v) is 10.3. The first kappa shape index (κ1) is 20.5. The van der Waals surface area contributed by atoms with Crippen LogP contribution >= 0.6 is 0 Å². The van der Waals surface area contributed by atoms with Gasteiger partial charge in [0, 0.05) is 34.4 Å². The Kier molecular flexibility index (Phi) is 5.42. The maximum atomic E-state index is 13.3. The lowest BCUT2D eigenvalue weighted by atomic mass is 9.99. The van der Waals surface area contributed by atoms with E-state index in [0.29, 0.717) is 22.8 Å². The maximum absolute atomic E-state index is 13.3. The van der Waals surface area contributed by atoms with Gasteiger partial charge in [-0.3, -0.25) is 14.6 Å². The first-order chi connectivity index (χ1) is 14.8. The maximum Gasteiger partial charge on any atom is 0.252 e. The Bertz CT molecular complexity index is 1300. The molecule has 0 aliphatic rings. The topological polar surface area (TPSA) is 104 Å². The van der Waals surface area contributed by atoms with Gasteiger partial charge in [0.25, 0.3) is 11.5 Å². The molecule has 3 heterocycles. The van der Waals surface area contributed by atoms with Crippen molar-refractivity contribution in [2.24, 2.45) is 5.92 Å². The molecule has 158 valence electrons. The van der Waals surface area contributed by atoms with E-state index in [-0.39, 0.29) is 17.4 Å². The highest BCUT2D eigenvalue weighted by atomic mass is 16.1. The molecular formula is C24H25N5O2. The summed E-state index contributed by atoms with van der Waals surface area (Å²) < 4.78 is 0. The standard InChI is InChI=1S/C24H25N5O2/c1-13(2)22(19-12-20(30)28-23(27-19)18-9-5-6-11-25-18)29-24(31)16-8-7-10-17-21(16)14(3)15(4)26-17/h5-13,22,26H,1-4H3,(H,29,31)(H,27,28,30)/t22-/m0/s1. The molecule has 1 amide bonds. The zero-order chi connectivity index (χ0) is 22.1. The molecule has 0 unspecified atom stereocenters. The van der Waals surface area contributed by atoms with Gasteiger partial charge in [0.15, 0.2) is 5.82 Å². The summed E-state index contributed by atoms with van der Waals surface area (Å²) in [6.07, 6.45) is 1.64. The van der Waals surface area contributed by atoms with Crippen LogP contribution in [0.25, 0.3) is 22.4 Å². The van der Waals surface area contributed by atoms with Crippen molar-refractivity contribution in [2.45, 2.75) is 33.7 Å². The molecule has 0 fully saturated rings. The Morgan fingerprint density at radius 3 is 2.58 bits per heavy atom. The van der Waals surface area contributed by atoms with E-state index in [1.807, 2.05) is 52.0 Å². The van der Waals surface area contributed by atoms with E-state index >= 15 is 0 Å². The number of aromatic amines is 2. The Labute approximate surface area is 180 Å². The van der Waals surface area contributed by atoms with Crippen LogP contribution in [0.2, 0.25) is 0 Å². The van der Waals surface area contributed by atoms with Gasteiger partial charge in [-0.05, 0) is 49.6 Å². The second-order valence-corrected chi connectivity index (χ2v) is 8.03. The van der Waals surface area contributed by atoms with Gasteiger partial charge >= 0.3 is 0 Å². The number of aromatic nitrogens is 4. The van der Waals surface area contributed by atoms with Crippen molar-refractivity contribution in [3.63, 3.8) is 0 Å². The van der Waals surface area contributed by atoms with E-state index in [0.717, 1.165) is 22.2 Å². The summed E-state index contributed by atoms with van der Waals surface area (Å²) in [6.45, 7) is 7.97. The van der Waals surface area contributed by atoms with E-state index in [4.69, 9.17) is 0 Å². The van der Waals surface area contributed by atoms with Crippen LogP contribution in [0.15, 0.2) is 53.5 Å². The highest BCUT2D eigenvalue weighted by Gasteiger charge is 2.24. The number of hydrogen-bond donors (Lipinski definition) is 3. The van der Waals surface area contributed by atoms with Crippen molar-refractivity contribution >= 4 is 16.8 Å². The number of fused-ring (bicyclic) bond motifs is 1. The quantitative estimate of drug-likeness (QED) is 0.457. The van der Waals surface area contributed by atoms with Gasteiger partial charge in [-0.1, -0.05) is 26.0 Å². The van der Waals surface area contributed by atoms with Crippen molar-refractivity contribution in [1.29, 1.82) is 0 Å². The number of pyridine rings is 1. The number of nitrogens with zero attached hydrogens (tertiary/aromatic N) is 2. The van der Waals surface area contributed by atoms with E-state index in [9.17, 15) is 9.59 Å². The van der Waals surface area contributed by atoms with Gasteiger partial charge in [-0.15, -0.1) is 0 Å². The van der Waals surface area contributed by atoms with Crippen molar-refractivity contribution in [3.05, 3.63) is 81.5 Å². The molecular weight excluding hydrogens is 390 g/mol. The zero-order valence-electron chi connectivity index (χ0n) is 18.0. The summed E-state index contributed by atoms with van der Waals surface area (Å²) in [7, 11) is 0. The number of nitrogens with one attached hydrogen (secondary N) is 3. The second-order valence-electron chi connectivity index (χ2n) is 8.03. The molecule has 7 nitrogen and oxygen atoms in total. The number of hydrogen-bond acceptors (Lipinski definition) is 4. The molecule has 0 radical (unpaired) electrons. The Balaban J connectivity index is 1.72. The number of rotatable bonds is 5. The molecule has 1 aromatic carbocycles. The monoisotopic (exact) mass is 415 g/mol. The number of carbonyl (C=O) groups excluding carboxylic acids is 1. The van der Waals surface area contributed by atoms with Crippen LogP contribution in [-0.2, 0) is 0 Å². The lowest BCUT2D eigenvalue weighted by molar-refractivity contribution is 0.0926. The van der Waals surface area contributed by atoms with E-state index in [1.165, 1.54) is 6.07 Å². The average molecular weight is 415 g/mol. The lowest BCUT2D eigenvalue weighted by Crippen LogP contribution is -2.33. The van der Waals surface area contributed by atoms with Gasteiger partial charge in [0.05, 0.1) is 11.7 Å². The highest BCUT2D eigenvalue weighted by Crippen LogP contribution is 2.27. The smallest absolute Gasteiger partial charge is 0.252 e. The molecule has 0 aliphatic heterocycles. The highest BCUT2D eigenvalue weighted by molar-refractivity contribution is 6.08. The summed E-state index contributed by atoms with van der Waals surface area (Å²) >= 11 is 0. The van der Waals surface area contributed by atoms with Gasteiger partial charge in [-0.25, -0.2) is 4.98 Å². The number of aryl methyl sites for hydroxylation is 2. The predicted octanol–water partition coefficient (Wildman–Crippen LogP) is 4.06. The van der Waals surface area contributed by atoms with Gasteiger partial charge in [0.1, 0.15) is 5.69 Å². The fraction of sp³-hybridized carbons (Fsp3) is 0.250. The minimum absolute atomic E-state index is 0.0168. The molecule has 4 rings (SSSR count). The number of benzene rings is 1. The third-order valence-electron chi connectivity index (χ3n) is 5.51. The molecule has 0 spiro atoms. The Morgan fingerprint density at radius 2 is 1.87 bits per heavy atom. The second kappa shape index (κ2) is 8.18. The molecule has 31 heavy (non-hydrogen) atoms. The summed E-state index contributed by atoms with van der Waals surface area (Å²) in [5, 5.41) is 4.01. The first-order valence-electron chi connectivity index (χ1n) is 10.3. The molecule has 1 atom stereocenters. The van der Waals surface area contributed by atoms with Crippen LogP contribution in [0.1, 0.15) is 47.2 Å². The molecule has 0 aliphatic carbocycles. The molecule has 0 saturated carbocycles. The van der Waals surface area contributed by atoms with Crippen LogP contribution in [0, 0.1) is 19.8 Å². The average Bonchev–Trinajstić information content (AvgIpc) is 3.05. The fourth-order valence-electron chi connectivity index (χ4n) is 3.79. The van der Waals surface area contributed by atoms with Gasteiger partial charge < -0.3 is 15.3 Å². The molecule has 3 aromatic heterocycles. The number of H-pyrrole nitrogens is 2. The number of amides is 1. The van der Waals surface area contributed by atoms with Crippen molar-refractivity contribution in [3.8, 4) is 11.5 Å². The van der Waals surface area contributed by atoms with E-state index < -0.39 is 6.04 Å². The Morgan fingerprint density at radius 1 is 1.06 bits per heavy atom. The molecule has 7 heteroatoms. The molecule has 3 N–H and O–H groups in total. The van der Waals surface area contributed by atoms with Crippen LogP contribution in [0.3, 0.4) is 0 Å². The van der Waals surface area contributed by atoms with Crippen LogP contribution in [0.5, 0.6) is 0 Å². The van der Waals surface area contributed by atoms with Gasteiger partial charge in [0.2, 0.25) is 0 Å². The summed E-state index contributed by atoms with van der Waals surface area (Å²) in [5.41, 5.74) is 4.39. The molecule has 4 aromatic rings. The largest absolute Gasteiger partial charge is 0.358 e. The van der Waals surface area contributed by atoms with Crippen molar-refractivity contribution in [1.82, 2.24) is 25.3 Å². The minimum atomic E-state index is -0.437. The summed E-state index contributed by atoms with van der Waals surface area (Å²) in [6, 6.07) is 12.1. The fourth-order valence-corrected chi connectivity index (χ4v) is 3.79. The third-order valence-corrected chi connectivity index (χ3v) is 5.51. The lowest BCUT2D eigenvalue weighted by Gasteiger charge is -2.22. The predicted molar refractivity (Wildman–Crippen MR) is 121 cm³/mol. The number of carbonyl (C=O) groups is 1.